The maximum absolute atomic E-state index is 4.66. The van der Waals surface area contributed by atoms with Crippen LogP contribution in [0.3, 0.4) is 0 Å². The number of nitrogens with zero attached hydrogens (tertiary/aromatic N) is 3. The molecular formula is C19H15N3. The molecule has 0 fully saturated rings. The Morgan fingerprint density at radius 1 is 0.773 bits per heavy atom. The standard InChI is InChI=1S/C19H15N3/c1-2-8-15(9-3-1)21-17-11-6-12-20-19(17)22-16-10-5-4-7-14(16)13-18(21)22/h1-12,18H,13H2. The van der Waals surface area contributed by atoms with E-state index in [0.29, 0.717) is 0 Å². The lowest BCUT2D eigenvalue weighted by atomic mass is 10.1. The van der Waals surface area contributed by atoms with Gasteiger partial charge in [-0.05, 0) is 35.9 Å². The Kier molecular flexibility index (Phi) is 2.33. The van der Waals surface area contributed by atoms with Crippen molar-refractivity contribution in [1.29, 1.82) is 0 Å². The summed E-state index contributed by atoms with van der Waals surface area (Å²) in [6.07, 6.45) is 3.18. The van der Waals surface area contributed by atoms with E-state index in [1.807, 2.05) is 12.3 Å². The number of hydrogen-bond acceptors (Lipinski definition) is 3. The van der Waals surface area contributed by atoms with E-state index < -0.39 is 0 Å². The molecule has 3 nitrogen and oxygen atoms in total. The highest BCUT2D eigenvalue weighted by Crippen LogP contribution is 2.51. The number of fused-ring (bicyclic) bond motifs is 5. The molecule has 0 spiro atoms. The average molecular weight is 285 g/mol. The second kappa shape index (κ2) is 4.34. The third-order valence-electron chi connectivity index (χ3n) is 4.54. The highest BCUT2D eigenvalue weighted by Gasteiger charge is 2.43. The maximum Gasteiger partial charge on any atom is 0.158 e. The fourth-order valence-electron chi connectivity index (χ4n) is 3.65. The zero-order chi connectivity index (χ0) is 14.5. The van der Waals surface area contributed by atoms with E-state index in [-0.39, 0.29) is 6.17 Å². The summed E-state index contributed by atoms with van der Waals surface area (Å²) in [6, 6.07) is 23.4. The van der Waals surface area contributed by atoms with E-state index >= 15 is 0 Å². The van der Waals surface area contributed by atoms with Crippen LogP contribution in [0, 0.1) is 0 Å². The molecule has 2 aromatic carbocycles. The lowest BCUT2D eigenvalue weighted by Crippen LogP contribution is -2.35. The second-order valence-corrected chi connectivity index (χ2v) is 5.74. The molecule has 3 heterocycles. The molecule has 3 heteroatoms. The molecule has 0 radical (unpaired) electrons. The number of para-hydroxylation sites is 2. The van der Waals surface area contributed by atoms with E-state index in [1.54, 1.807) is 0 Å². The number of rotatable bonds is 1. The fraction of sp³-hybridized carbons (Fsp3) is 0.105. The van der Waals surface area contributed by atoms with Gasteiger partial charge in [0.05, 0.1) is 5.69 Å². The van der Waals surface area contributed by atoms with E-state index in [1.165, 1.54) is 22.6 Å². The Balaban J connectivity index is 1.73. The fourth-order valence-corrected chi connectivity index (χ4v) is 3.65. The van der Waals surface area contributed by atoms with Crippen LogP contribution in [-0.4, -0.2) is 11.1 Å². The highest BCUT2D eigenvalue weighted by molar-refractivity contribution is 5.88. The van der Waals surface area contributed by atoms with Gasteiger partial charge < -0.3 is 9.80 Å². The van der Waals surface area contributed by atoms with E-state index in [0.717, 1.165) is 12.2 Å². The summed E-state index contributed by atoms with van der Waals surface area (Å²) >= 11 is 0. The minimum absolute atomic E-state index is 0.282. The molecule has 0 bridgehead atoms. The molecule has 0 aliphatic carbocycles. The molecule has 2 aliphatic rings. The maximum atomic E-state index is 4.66. The van der Waals surface area contributed by atoms with Crippen LogP contribution in [0.15, 0.2) is 72.9 Å². The first-order valence-corrected chi connectivity index (χ1v) is 7.60. The summed E-state index contributed by atoms with van der Waals surface area (Å²) in [7, 11) is 0. The number of pyridine rings is 1. The first-order chi connectivity index (χ1) is 10.9. The molecule has 3 aromatic rings. The molecule has 22 heavy (non-hydrogen) atoms. The molecule has 106 valence electrons. The second-order valence-electron chi connectivity index (χ2n) is 5.74. The van der Waals surface area contributed by atoms with Gasteiger partial charge in [-0.3, -0.25) is 0 Å². The van der Waals surface area contributed by atoms with Crippen molar-refractivity contribution in [3.63, 3.8) is 0 Å². The van der Waals surface area contributed by atoms with Crippen molar-refractivity contribution in [1.82, 2.24) is 4.98 Å². The Morgan fingerprint density at radius 2 is 1.55 bits per heavy atom. The summed E-state index contributed by atoms with van der Waals surface area (Å²) in [5, 5.41) is 0. The van der Waals surface area contributed by atoms with Crippen molar-refractivity contribution in [2.24, 2.45) is 0 Å². The van der Waals surface area contributed by atoms with Crippen LogP contribution in [0.1, 0.15) is 5.56 Å². The molecule has 0 N–H and O–H groups in total. The molecule has 1 atom stereocenters. The lowest BCUT2D eigenvalue weighted by molar-refractivity contribution is 0.726. The van der Waals surface area contributed by atoms with Gasteiger partial charge >= 0.3 is 0 Å². The first kappa shape index (κ1) is 11.8. The van der Waals surface area contributed by atoms with E-state index in [9.17, 15) is 0 Å². The summed E-state index contributed by atoms with van der Waals surface area (Å²) < 4.78 is 0. The van der Waals surface area contributed by atoms with Gasteiger partial charge in [0.2, 0.25) is 0 Å². The van der Waals surface area contributed by atoms with Gasteiger partial charge in [-0.15, -0.1) is 0 Å². The van der Waals surface area contributed by atoms with Gasteiger partial charge in [0.1, 0.15) is 6.17 Å². The lowest BCUT2D eigenvalue weighted by Gasteiger charge is -2.27. The van der Waals surface area contributed by atoms with Gasteiger partial charge in [-0.2, -0.15) is 0 Å². The van der Waals surface area contributed by atoms with Gasteiger partial charge in [0, 0.05) is 24.0 Å². The molecule has 1 unspecified atom stereocenters. The largest absolute Gasteiger partial charge is 0.317 e. The van der Waals surface area contributed by atoms with Crippen molar-refractivity contribution < 1.29 is 0 Å². The van der Waals surface area contributed by atoms with Gasteiger partial charge in [-0.1, -0.05) is 36.4 Å². The number of hydrogen-bond donors (Lipinski definition) is 0. The van der Waals surface area contributed by atoms with Crippen molar-refractivity contribution in [2.45, 2.75) is 12.6 Å². The third-order valence-corrected chi connectivity index (χ3v) is 4.54. The Morgan fingerprint density at radius 3 is 2.45 bits per heavy atom. The SMILES string of the molecule is c1ccc(N2c3cccnc3N3c4ccccc4CC23)cc1. The van der Waals surface area contributed by atoms with Crippen LogP contribution in [-0.2, 0) is 6.42 Å². The van der Waals surface area contributed by atoms with Crippen molar-refractivity contribution in [3.8, 4) is 0 Å². The molecule has 0 saturated carbocycles. The highest BCUT2D eigenvalue weighted by atomic mass is 15.5. The molecule has 1 aromatic heterocycles. The molecule has 2 aliphatic heterocycles. The van der Waals surface area contributed by atoms with Crippen LogP contribution < -0.4 is 9.80 Å². The Hall–Kier alpha value is -2.81. The van der Waals surface area contributed by atoms with E-state index in [2.05, 4.69) is 75.4 Å². The average Bonchev–Trinajstić information content (AvgIpc) is 3.10. The topological polar surface area (TPSA) is 19.4 Å². The van der Waals surface area contributed by atoms with Crippen LogP contribution in [0.25, 0.3) is 0 Å². The van der Waals surface area contributed by atoms with Gasteiger partial charge in [0.15, 0.2) is 5.82 Å². The van der Waals surface area contributed by atoms with Crippen molar-refractivity contribution in [2.75, 3.05) is 9.80 Å². The molecule has 5 rings (SSSR count). The Labute approximate surface area is 129 Å². The first-order valence-electron chi connectivity index (χ1n) is 7.60. The van der Waals surface area contributed by atoms with Gasteiger partial charge in [-0.25, -0.2) is 4.98 Å². The van der Waals surface area contributed by atoms with Crippen LogP contribution in [0.5, 0.6) is 0 Å². The monoisotopic (exact) mass is 285 g/mol. The summed E-state index contributed by atoms with van der Waals surface area (Å²) in [4.78, 5) is 9.44. The predicted octanol–water partition coefficient (Wildman–Crippen LogP) is 4.25. The molecule has 0 amide bonds. The number of aromatic nitrogens is 1. The zero-order valence-corrected chi connectivity index (χ0v) is 12.1. The minimum atomic E-state index is 0.282. The smallest absolute Gasteiger partial charge is 0.158 e. The van der Waals surface area contributed by atoms with Crippen LogP contribution in [0.4, 0.5) is 22.9 Å². The Bertz CT molecular complexity index is 829. The van der Waals surface area contributed by atoms with E-state index in [4.69, 9.17) is 0 Å². The number of anilines is 4. The van der Waals surface area contributed by atoms with Crippen LogP contribution >= 0.6 is 0 Å². The summed E-state index contributed by atoms with van der Waals surface area (Å²) in [5.41, 5.74) is 5.08. The summed E-state index contributed by atoms with van der Waals surface area (Å²) in [6.45, 7) is 0. The quantitative estimate of drug-likeness (QED) is 0.666. The minimum Gasteiger partial charge on any atom is -0.317 e. The molecule has 0 saturated heterocycles. The zero-order valence-electron chi connectivity index (χ0n) is 12.1. The predicted molar refractivity (Wildman–Crippen MR) is 88.9 cm³/mol. The van der Waals surface area contributed by atoms with Crippen molar-refractivity contribution >= 4 is 22.9 Å². The third kappa shape index (κ3) is 1.48. The number of benzene rings is 2. The summed E-state index contributed by atoms with van der Waals surface area (Å²) in [5.74, 6) is 1.06. The van der Waals surface area contributed by atoms with Gasteiger partial charge in [0.25, 0.3) is 0 Å². The normalized spacial score (nSPS) is 18.1. The molecular weight excluding hydrogens is 270 g/mol. The van der Waals surface area contributed by atoms with Crippen LogP contribution in [0.2, 0.25) is 0 Å². The van der Waals surface area contributed by atoms with Crippen molar-refractivity contribution in [3.05, 3.63) is 78.5 Å².